The molecule has 0 aliphatic carbocycles. The number of carbonyl (C=O) groups excluding carboxylic acids is 2. The van der Waals surface area contributed by atoms with Crippen LogP contribution in [0.2, 0.25) is 0 Å². The minimum atomic E-state index is -3.36. The van der Waals surface area contributed by atoms with Crippen molar-refractivity contribution in [2.45, 2.75) is 38.8 Å². The van der Waals surface area contributed by atoms with Crippen molar-refractivity contribution >= 4 is 33.2 Å². The van der Waals surface area contributed by atoms with E-state index in [2.05, 4.69) is 10.2 Å². The van der Waals surface area contributed by atoms with Gasteiger partial charge in [-0.25, -0.2) is 8.42 Å². The standard InChI is InChI=1S/C24H30N4O4S/c1-16-12-20-13-18(7-10-22(20)28(16)33(2,31)32)24(30)26-21-8-5-17(6-9-21)14-27-11-3-4-19(15-27)23(25)29/h5-10,13,16,19H,3-4,11-12,14-15H2,1-2H3,(H2,25,29)(H,26,30). The molecule has 9 heteroatoms. The molecular formula is C24H30N4O4S. The number of piperidine rings is 1. The molecule has 0 spiro atoms. The Morgan fingerprint density at radius 1 is 1.15 bits per heavy atom. The maximum Gasteiger partial charge on any atom is 0.255 e. The lowest BCUT2D eigenvalue weighted by atomic mass is 9.97. The van der Waals surface area contributed by atoms with Crippen molar-refractivity contribution in [2.75, 3.05) is 29.0 Å². The summed E-state index contributed by atoms with van der Waals surface area (Å²) in [4.78, 5) is 26.5. The quantitative estimate of drug-likeness (QED) is 0.673. The molecule has 2 aliphatic heterocycles. The van der Waals surface area contributed by atoms with Crippen LogP contribution in [0.5, 0.6) is 0 Å². The number of likely N-dealkylation sites (tertiary alicyclic amines) is 1. The molecule has 0 aromatic heterocycles. The summed E-state index contributed by atoms with van der Waals surface area (Å²) in [6, 6.07) is 12.6. The molecule has 1 saturated heterocycles. The average molecular weight is 471 g/mol. The number of hydrogen-bond donors (Lipinski definition) is 2. The molecule has 2 heterocycles. The van der Waals surface area contributed by atoms with Gasteiger partial charge in [-0.15, -0.1) is 0 Å². The average Bonchev–Trinajstić information content (AvgIpc) is 3.10. The molecule has 2 atom stereocenters. The van der Waals surface area contributed by atoms with Crippen molar-refractivity contribution in [3.63, 3.8) is 0 Å². The number of fused-ring (bicyclic) bond motifs is 1. The van der Waals surface area contributed by atoms with Gasteiger partial charge in [-0.1, -0.05) is 12.1 Å². The van der Waals surface area contributed by atoms with E-state index in [0.29, 0.717) is 29.9 Å². The molecule has 2 aromatic rings. The Balaban J connectivity index is 1.39. The molecule has 176 valence electrons. The van der Waals surface area contributed by atoms with Crippen molar-refractivity contribution in [2.24, 2.45) is 11.7 Å². The highest BCUT2D eigenvalue weighted by Gasteiger charge is 2.32. The Labute approximate surface area is 194 Å². The molecule has 2 amide bonds. The van der Waals surface area contributed by atoms with Gasteiger partial charge in [0.1, 0.15) is 0 Å². The monoisotopic (exact) mass is 470 g/mol. The summed E-state index contributed by atoms with van der Waals surface area (Å²) >= 11 is 0. The largest absolute Gasteiger partial charge is 0.369 e. The summed E-state index contributed by atoms with van der Waals surface area (Å²) in [5, 5.41) is 2.91. The number of amides is 2. The highest BCUT2D eigenvalue weighted by Crippen LogP contribution is 2.34. The number of nitrogens with one attached hydrogen (secondary N) is 1. The second kappa shape index (κ2) is 9.15. The fourth-order valence-corrected chi connectivity index (χ4v) is 6.10. The topological polar surface area (TPSA) is 113 Å². The third kappa shape index (κ3) is 5.20. The van der Waals surface area contributed by atoms with E-state index in [1.807, 2.05) is 31.2 Å². The number of rotatable bonds is 6. The molecule has 8 nitrogen and oxygen atoms in total. The molecule has 3 N–H and O–H groups in total. The normalized spacial score (nSPS) is 21.0. The zero-order valence-electron chi connectivity index (χ0n) is 19.0. The van der Waals surface area contributed by atoms with Crippen molar-refractivity contribution in [3.8, 4) is 0 Å². The van der Waals surface area contributed by atoms with Crippen molar-refractivity contribution in [1.29, 1.82) is 0 Å². The van der Waals surface area contributed by atoms with Gasteiger partial charge in [0.25, 0.3) is 5.91 Å². The van der Waals surface area contributed by atoms with Gasteiger partial charge in [-0.05, 0) is 74.2 Å². The number of nitrogens with zero attached hydrogens (tertiary/aromatic N) is 2. The molecule has 0 radical (unpaired) electrons. The molecule has 1 fully saturated rings. The second-order valence-electron chi connectivity index (χ2n) is 9.08. The zero-order chi connectivity index (χ0) is 23.8. The predicted octanol–water partition coefficient (Wildman–Crippen LogP) is 2.35. The number of sulfonamides is 1. The van der Waals surface area contributed by atoms with E-state index in [9.17, 15) is 18.0 Å². The second-order valence-corrected chi connectivity index (χ2v) is 10.9. The number of primary amides is 1. The lowest BCUT2D eigenvalue weighted by Gasteiger charge is -2.31. The lowest BCUT2D eigenvalue weighted by Crippen LogP contribution is -2.40. The van der Waals surface area contributed by atoms with E-state index in [0.717, 1.165) is 37.1 Å². The maximum atomic E-state index is 12.8. The van der Waals surface area contributed by atoms with Crippen LogP contribution in [0.25, 0.3) is 0 Å². The molecule has 0 bridgehead atoms. The van der Waals surface area contributed by atoms with Gasteiger partial charge in [0, 0.05) is 30.4 Å². The Kier molecular flexibility index (Phi) is 6.45. The van der Waals surface area contributed by atoms with Crippen LogP contribution in [0.4, 0.5) is 11.4 Å². The molecule has 33 heavy (non-hydrogen) atoms. The van der Waals surface area contributed by atoms with Crippen LogP contribution < -0.4 is 15.4 Å². The van der Waals surface area contributed by atoms with E-state index in [1.165, 1.54) is 10.6 Å². The first kappa shape index (κ1) is 23.3. The fourth-order valence-electron chi connectivity index (χ4n) is 4.84. The summed E-state index contributed by atoms with van der Waals surface area (Å²) < 4.78 is 25.6. The zero-order valence-corrected chi connectivity index (χ0v) is 19.8. The van der Waals surface area contributed by atoms with E-state index in [4.69, 9.17) is 5.73 Å². The Morgan fingerprint density at radius 3 is 2.55 bits per heavy atom. The molecule has 2 aliphatic rings. The highest BCUT2D eigenvalue weighted by molar-refractivity contribution is 7.92. The van der Waals surface area contributed by atoms with Gasteiger partial charge in [0.05, 0.1) is 17.9 Å². The van der Waals surface area contributed by atoms with Gasteiger partial charge in [-0.3, -0.25) is 18.8 Å². The number of carbonyl (C=O) groups is 2. The van der Waals surface area contributed by atoms with Gasteiger partial charge in [-0.2, -0.15) is 0 Å². The van der Waals surface area contributed by atoms with Crippen LogP contribution in [0.1, 0.15) is 41.3 Å². The van der Waals surface area contributed by atoms with Crippen molar-refractivity contribution in [1.82, 2.24) is 4.90 Å². The number of nitrogens with two attached hydrogens (primary N) is 1. The summed E-state index contributed by atoms with van der Waals surface area (Å²) in [5.41, 5.74) is 9.24. The first-order valence-electron chi connectivity index (χ1n) is 11.2. The number of anilines is 2. The maximum absolute atomic E-state index is 12.8. The van der Waals surface area contributed by atoms with Crippen molar-refractivity contribution < 1.29 is 18.0 Å². The van der Waals surface area contributed by atoms with Crippen LogP contribution in [0.3, 0.4) is 0 Å². The minimum absolute atomic E-state index is 0.0860. The van der Waals surface area contributed by atoms with Crippen molar-refractivity contribution in [3.05, 3.63) is 59.2 Å². The first-order valence-corrected chi connectivity index (χ1v) is 13.0. The molecule has 2 unspecified atom stereocenters. The van der Waals surface area contributed by atoms with Crippen LogP contribution in [-0.4, -0.2) is 50.5 Å². The summed E-state index contributed by atoms with van der Waals surface area (Å²) in [7, 11) is -3.36. The van der Waals surface area contributed by atoms with Crippen LogP contribution >= 0.6 is 0 Å². The Bertz CT molecular complexity index is 1160. The predicted molar refractivity (Wildman–Crippen MR) is 129 cm³/mol. The summed E-state index contributed by atoms with van der Waals surface area (Å²) in [6.07, 6.45) is 3.59. The van der Waals surface area contributed by atoms with Crippen LogP contribution in [0.15, 0.2) is 42.5 Å². The first-order chi connectivity index (χ1) is 15.6. The van der Waals surface area contributed by atoms with Gasteiger partial charge in [0.2, 0.25) is 15.9 Å². The smallest absolute Gasteiger partial charge is 0.255 e. The van der Waals surface area contributed by atoms with E-state index >= 15 is 0 Å². The van der Waals surface area contributed by atoms with Gasteiger partial charge >= 0.3 is 0 Å². The summed E-state index contributed by atoms with van der Waals surface area (Å²) in [6.45, 7) is 4.22. The third-order valence-corrected chi connectivity index (χ3v) is 7.65. The molecule has 2 aromatic carbocycles. The SMILES string of the molecule is CC1Cc2cc(C(=O)Nc3ccc(CN4CCCC(C(N)=O)C4)cc3)ccc2N1S(C)(=O)=O. The number of benzene rings is 2. The summed E-state index contributed by atoms with van der Waals surface area (Å²) in [5.74, 6) is -0.559. The minimum Gasteiger partial charge on any atom is -0.369 e. The molecular weight excluding hydrogens is 440 g/mol. The van der Waals surface area contributed by atoms with Gasteiger partial charge in [0.15, 0.2) is 0 Å². The third-order valence-electron chi connectivity index (χ3n) is 6.38. The Hall–Kier alpha value is -2.91. The lowest BCUT2D eigenvalue weighted by molar-refractivity contribution is -0.123. The van der Waals surface area contributed by atoms with E-state index < -0.39 is 10.0 Å². The van der Waals surface area contributed by atoms with Crippen LogP contribution in [-0.2, 0) is 27.8 Å². The van der Waals surface area contributed by atoms with Crippen LogP contribution in [0, 0.1) is 5.92 Å². The number of hydrogen-bond acceptors (Lipinski definition) is 5. The molecule has 0 saturated carbocycles. The Morgan fingerprint density at radius 2 is 1.88 bits per heavy atom. The highest BCUT2D eigenvalue weighted by atomic mass is 32.2. The molecule has 4 rings (SSSR count). The fraction of sp³-hybridized carbons (Fsp3) is 0.417. The van der Waals surface area contributed by atoms with E-state index in [-0.39, 0.29) is 23.8 Å². The van der Waals surface area contributed by atoms with Gasteiger partial charge < -0.3 is 11.1 Å². The van der Waals surface area contributed by atoms with E-state index in [1.54, 1.807) is 18.2 Å².